The number of nitrogens with zero attached hydrogens (tertiary/aromatic N) is 3. The summed E-state index contributed by atoms with van der Waals surface area (Å²) in [7, 11) is 0. The number of benzene rings is 1. The van der Waals surface area contributed by atoms with Crippen LogP contribution in [0.4, 0.5) is 24.5 Å². The van der Waals surface area contributed by atoms with Crippen molar-refractivity contribution < 1.29 is 23.2 Å². The van der Waals surface area contributed by atoms with E-state index in [1.165, 1.54) is 4.90 Å². The first-order chi connectivity index (χ1) is 9.66. The van der Waals surface area contributed by atoms with Gasteiger partial charge in [0.1, 0.15) is 11.3 Å². The molecule has 0 atom stereocenters. The maximum absolute atomic E-state index is 12.6. The van der Waals surface area contributed by atoms with Gasteiger partial charge in [0.15, 0.2) is 0 Å². The normalized spacial score (nSPS) is 17.0. The minimum atomic E-state index is -4.67. The Morgan fingerprint density at radius 3 is 2.57 bits per heavy atom. The van der Waals surface area contributed by atoms with Gasteiger partial charge in [0.25, 0.3) is 5.69 Å². The van der Waals surface area contributed by atoms with Crippen molar-refractivity contribution in [3.63, 3.8) is 0 Å². The van der Waals surface area contributed by atoms with Crippen LogP contribution in [0.1, 0.15) is 12.0 Å². The Bertz CT molecular complexity index is 618. The summed E-state index contributed by atoms with van der Waals surface area (Å²) < 4.78 is 37.7. The van der Waals surface area contributed by atoms with Gasteiger partial charge in [0.2, 0.25) is 0 Å². The van der Waals surface area contributed by atoms with Crippen LogP contribution in [0.15, 0.2) is 18.2 Å². The van der Waals surface area contributed by atoms with E-state index in [1.807, 2.05) is 0 Å². The molecule has 21 heavy (non-hydrogen) atoms. The maximum atomic E-state index is 12.6. The van der Waals surface area contributed by atoms with Crippen LogP contribution >= 0.6 is 0 Å². The first kappa shape index (κ1) is 15.1. The summed E-state index contributed by atoms with van der Waals surface area (Å²) in [6, 6.07) is 4.02. The molecule has 0 unspecified atom stereocenters. The lowest BCUT2D eigenvalue weighted by atomic mass is 9.90. The molecule has 0 spiro atoms. The van der Waals surface area contributed by atoms with E-state index >= 15 is 0 Å². The Labute approximate surface area is 117 Å². The molecule has 1 saturated heterocycles. The van der Waals surface area contributed by atoms with Crippen LogP contribution in [0.25, 0.3) is 0 Å². The summed E-state index contributed by atoms with van der Waals surface area (Å²) in [4.78, 5) is 11.4. The molecule has 0 aromatic heterocycles. The maximum Gasteiger partial charge on any atom is 0.416 e. The molecule has 1 aromatic carbocycles. The molecule has 6 nitrogen and oxygen atoms in total. The number of nitro groups is 1. The zero-order chi connectivity index (χ0) is 15.8. The van der Waals surface area contributed by atoms with Crippen molar-refractivity contribution in [3.8, 4) is 6.07 Å². The number of hydrogen-bond acceptors (Lipinski definition) is 5. The zero-order valence-electron chi connectivity index (χ0n) is 10.6. The SMILES string of the molecule is N#CCC1(O)CN(c2ccc(C(F)(F)F)cc2[N+](=O)[O-])C1. The Balaban J connectivity index is 2.30. The monoisotopic (exact) mass is 301 g/mol. The third kappa shape index (κ3) is 2.90. The molecule has 112 valence electrons. The summed E-state index contributed by atoms with van der Waals surface area (Å²) in [5.74, 6) is 0. The molecule has 9 heteroatoms. The fraction of sp³-hybridized carbons (Fsp3) is 0.417. The molecular weight excluding hydrogens is 291 g/mol. The van der Waals surface area contributed by atoms with Crippen LogP contribution in [-0.4, -0.2) is 28.7 Å². The van der Waals surface area contributed by atoms with Crippen molar-refractivity contribution in [1.29, 1.82) is 5.26 Å². The van der Waals surface area contributed by atoms with E-state index in [9.17, 15) is 28.4 Å². The van der Waals surface area contributed by atoms with E-state index in [1.54, 1.807) is 6.07 Å². The van der Waals surface area contributed by atoms with Crippen LogP contribution in [0.2, 0.25) is 0 Å². The molecule has 1 aliphatic rings. The van der Waals surface area contributed by atoms with Crippen molar-refractivity contribution in [2.75, 3.05) is 18.0 Å². The Morgan fingerprint density at radius 1 is 1.48 bits per heavy atom. The molecule has 1 aromatic rings. The average molecular weight is 301 g/mol. The van der Waals surface area contributed by atoms with Crippen LogP contribution in [0, 0.1) is 21.4 Å². The lowest BCUT2D eigenvalue weighted by molar-refractivity contribution is -0.384. The lowest BCUT2D eigenvalue weighted by Gasteiger charge is -2.46. The Morgan fingerprint density at radius 2 is 2.10 bits per heavy atom. The van der Waals surface area contributed by atoms with Crippen LogP contribution in [-0.2, 0) is 6.18 Å². The number of hydrogen-bond donors (Lipinski definition) is 1. The molecule has 1 fully saturated rings. The first-order valence-electron chi connectivity index (χ1n) is 5.86. The zero-order valence-corrected chi connectivity index (χ0v) is 10.6. The highest BCUT2D eigenvalue weighted by molar-refractivity contribution is 5.66. The fourth-order valence-electron chi connectivity index (χ4n) is 2.21. The highest BCUT2D eigenvalue weighted by Gasteiger charge is 2.43. The van der Waals surface area contributed by atoms with Crippen LogP contribution in [0.5, 0.6) is 0 Å². The number of aliphatic hydroxyl groups is 1. The highest BCUT2D eigenvalue weighted by Crippen LogP contribution is 2.39. The Kier molecular flexibility index (Phi) is 3.51. The molecule has 1 heterocycles. The third-order valence-corrected chi connectivity index (χ3v) is 3.22. The molecule has 0 saturated carbocycles. The summed E-state index contributed by atoms with van der Waals surface area (Å²) in [5.41, 5.74) is -3.06. The summed E-state index contributed by atoms with van der Waals surface area (Å²) >= 11 is 0. The second-order valence-corrected chi connectivity index (χ2v) is 4.87. The quantitative estimate of drug-likeness (QED) is 0.682. The van der Waals surface area contributed by atoms with Crippen molar-refractivity contribution in [2.24, 2.45) is 0 Å². The first-order valence-corrected chi connectivity index (χ1v) is 5.86. The topological polar surface area (TPSA) is 90.4 Å². The van der Waals surface area contributed by atoms with E-state index in [0.29, 0.717) is 6.07 Å². The van der Waals surface area contributed by atoms with Crippen LogP contribution < -0.4 is 4.90 Å². The van der Waals surface area contributed by atoms with E-state index in [2.05, 4.69) is 0 Å². The second kappa shape index (κ2) is 4.89. The molecule has 0 aliphatic carbocycles. The minimum Gasteiger partial charge on any atom is -0.385 e. The average Bonchev–Trinajstić information content (AvgIpc) is 2.34. The largest absolute Gasteiger partial charge is 0.416 e. The standard InChI is InChI=1S/C12H10F3N3O3/c13-12(14,15)8-1-2-9(10(5-8)18(20)21)17-6-11(19,7-17)3-4-16/h1-2,5,19H,3,6-7H2. The predicted molar refractivity (Wildman–Crippen MR) is 65.5 cm³/mol. The summed E-state index contributed by atoms with van der Waals surface area (Å²) in [6.07, 6.45) is -4.81. The van der Waals surface area contributed by atoms with Gasteiger partial charge in [-0.15, -0.1) is 0 Å². The molecule has 1 aliphatic heterocycles. The van der Waals surface area contributed by atoms with Gasteiger partial charge in [-0.3, -0.25) is 10.1 Å². The van der Waals surface area contributed by atoms with Gasteiger partial charge in [-0.2, -0.15) is 18.4 Å². The van der Waals surface area contributed by atoms with Gasteiger partial charge in [-0.05, 0) is 12.1 Å². The van der Waals surface area contributed by atoms with Crippen molar-refractivity contribution in [2.45, 2.75) is 18.2 Å². The predicted octanol–water partition coefficient (Wildman–Crippen LogP) is 2.08. The highest BCUT2D eigenvalue weighted by atomic mass is 19.4. The molecule has 1 N–H and O–H groups in total. The molecule has 2 rings (SSSR count). The van der Waals surface area contributed by atoms with E-state index < -0.39 is 28.0 Å². The Hall–Kier alpha value is -2.34. The summed E-state index contributed by atoms with van der Waals surface area (Å²) in [5, 5.41) is 29.3. The van der Waals surface area contributed by atoms with E-state index in [-0.39, 0.29) is 25.2 Å². The second-order valence-electron chi connectivity index (χ2n) is 4.87. The summed E-state index contributed by atoms with van der Waals surface area (Å²) in [6.45, 7) is -0.0699. The number of β-amino-alcohol motifs (C(OH)–C–C–N with tert-alkyl or cyclic N) is 1. The number of rotatable bonds is 3. The number of alkyl halides is 3. The van der Waals surface area contributed by atoms with Gasteiger partial charge in [0.05, 0.1) is 23.0 Å². The third-order valence-electron chi connectivity index (χ3n) is 3.22. The van der Waals surface area contributed by atoms with Crippen LogP contribution in [0.3, 0.4) is 0 Å². The van der Waals surface area contributed by atoms with Crippen molar-refractivity contribution >= 4 is 11.4 Å². The van der Waals surface area contributed by atoms with E-state index in [0.717, 1.165) is 12.1 Å². The molecule has 0 bridgehead atoms. The molecule has 0 amide bonds. The van der Waals surface area contributed by atoms with Crippen molar-refractivity contribution in [3.05, 3.63) is 33.9 Å². The number of halogens is 3. The van der Waals surface area contributed by atoms with E-state index in [4.69, 9.17) is 5.26 Å². The van der Waals surface area contributed by atoms with Crippen molar-refractivity contribution in [1.82, 2.24) is 0 Å². The fourth-order valence-corrected chi connectivity index (χ4v) is 2.21. The van der Waals surface area contributed by atoms with Gasteiger partial charge < -0.3 is 10.0 Å². The van der Waals surface area contributed by atoms with Gasteiger partial charge in [-0.25, -0.2) is 0 Å². The lowest BCUT2D eigenvalue weighted by Crippen LogP contribution is -2.62. The molecular formula is C12H10F3N3O3. The number of nitro benzene ring substituents is 1. The van der Waals surface area contributed by atoms with Gasteiger partial charge in [-0.1, -0.05) is 0 Å². The van der Waals surface area contributed by atoms with Gasteiger partial charge in [0, 0.05) is 19.2 Å². The number of nitriles is 1. The smallest absolute Gasteiger partial charge is 0.385 e. The number of anilines is 1. The molecule has 0 radical (unpaired) electrons. The minimum absolute atomic E-state index is 0.00406. The van der Waals surface area contributed by atoms with Gasteiger partial charge >= 0.3 is 6.18 Å².